The fraction of sp³-hybridized carbons (Fsp3) is 0.364. The second-order valence-electron chi connectivity index (χ2n) is 7.21. The number of benzene rings is 2. The molecule has 0 aromatic heterocycles. The van der Waals surface area contributed by atoms with Crippen LogP contribution in [0.2, 0.25) is 0 Å². The maximum absolute atomic E-state index is 12.6. The number of carbonyl (C=O) groups is 2. The van der Waals surface area contributed by atoms with Crippen LogP contribution in [0.25, 0.3) is 0 Å². The minimum Gasteiger partial charge on any atom is -0.493 e. The van der Waals surface area contributed by atoms with Crippen molar-refractivity contribution >= 4 is 23.2 Å². The van der Waals surface area contributed by atoms with E-state index in [1.807, 2.05) is 55.4 Å². The topological polar surface area (TPSA) is 71.1 Å². The van der Waals surface area contributed by atoms with Gasteiger partial charge < -0.3 is 24.6 Å². The summed E-state index contributed by atoms with van der Waals surface area (Å²) in [6.45, 7) is 1.03. The Bertz CT molecular complexity index is 894. The van der Waals surface area contributed by atoms with Gasteiger partial charge in [0.05, 0.1) is 14.2 Å². The number of amides is 2. The molecule has 1 aliphatic rings. The quantitative estimate of drug-likeness (QED) is 0.759. The Balaban J connectivity index is 1.60. The molecular formula is C22H27N3O4. The fourth-order valence-corrected chi connectivity index (χ4v) is 3.39. The Hall–Kier alpha value is -3.22. The molecule has 1 heterocycles. The van der Waals surface area contributed by atoms with Crippen molar-refractivity contribution in [3.63, 3.8) is 0 Å². The third-order valence-corrected chi connectivity index (χ3v) is 5.05. The molecule has 0 spiro atoms. The minimum absolute atomic E-state index is 0.182. The highest BCUT2D eigenvalue weighted by molar-refractivity contribution is 6.03. The van der Waals surface area contributed by atoms with Crippen LogP contribution >= 0.6 is 0 Å². The number of methoxy groups -OCH3 is 2. The van der Waals surface area contributed by atoms with E-state index in [1.54, 1.807) is 19.1 Å². The van der Waals surface area contributed by atoms with Crippen molar-refractivity contribution in [1.82, 2.24) is 4.90 Å². The smallest absolute Gasteiger partial charge is 0.233 e. The third kappa shape index (κ3) is 4.80. The van der Waals surface area contributed by atoms with Crippen molar-refractivity contribution in [2.24, 2.45) is 0 Å². The average molecular weight is 397 g/mol. The van der Waals surface area contributed by atoms with Gasteiger partial charge in [0.1, 0.15) is 6.42 Å². The monoisotopic (exact) mass is 397 g/mol. The molecule has 0 unspecified atom stereocenters. The SMILES string of the molecule is COc1cc2c(cc1OC)CN(C(=O)CC(=O)Nc1ccc(N(C)C)cc1)CC2. The maximum atomic E-state index is 12.6. The van der Waals surface area contributed by atoms with Crippen LogP contribution in [0.5, 0.6) is 11.5 Å². The van der Waals surface area contributed by atoms with Crippen molar-refractivity contribution in [1.29, 1.82) is 0 Å². The first-order chi connectivity index (χ1) is 13.9. The van der Waals surface area contributed by atoms with Crippen molar-refractivity contribution < 1.29 is 19.1 Å². The molecule has 0 saturated carbocycles. The van der Waals surface area contributed by atoms with E-state index < -0.39 is 0 Å². The highest BCUT2D eigenvalue weighted by Crippen LogP contribution is 2.33. The largest absolute Gasteiger partial charge is 0.493 e. The number of hydrogen-bond donors (Lipinski definition) is 1. The maximum Gasteiger partial charge on any atom is 0.233 e. The van der Waals surface area contributed by atoms with Crippen LogP contribution in [0.1, 0.15) is 17.5 Å². The van der Waals surface area contributed by atoms with E-state index in [2.05, 4.69) is 5.32 Å². The number of nitrogens with zero attached hydrogens (tertiary/aromatic N) is 2. The van der Waals surface area contributed by atoms with Gasteiger partial charge in [-0.15, -0.1) is 0 Å². The van der Waals surface area contributed by atoms with Crippen molar-refractivity contribution in [3.05, 3.63) is 47.5 Å². The first kappa shape index (κ1) is 20.5. The Kier molecular flexibility index (Phi) is 6.26. The van der Waals surface area contributed by atoms with Crippen LogP contribution in [0.3, 0.4) is 0 Å². The van der Waals surface area contributed by atoms with E-state index in [1.165, 1.54) is 0 Å². The second-order valence-corrected chi connectivity index (χ2v) is 7.21. The van der Waals surface area contributed by atoms with Crippen molar-refractivity contribution in [3.8, 4) is 11.5 Å². The number of rotatable bonds is 6. The third-order valence-electron chi connectivity index (χ3n) is 5.05. The van der Waals surface area contributed by atoms with E-state index in [4.69, 9.17) is 9.47 Å². The molecule has 0 atom stereocenters. The van der Waals surface area contributed by atoms with Gasteiger partial charge >= 0.3 is 0 Å². The molecule has 0 aliphatic carbocycles. The van der Waals surface area contributed by atoms with E-state index in [0.717, 1.165) is 23.2 Å². The van der Waals surface area contributed by atoms with Gasteiger partial charge in [-0.25, -0.2) is 0 Å². The Morgan fingerprint density at radius 2 is 1.66 bits per heavy atom. The van der Waals surface area contributed by atoms with Crippen LogP contribution in [0, 0.1) is 0 Å². The number of nitrogens with one attached hydrogen (secondary N) is 1. The number of hydrogen-bond acceptors (Lipinski definition) is 5. The highest BCUT2D eigenvalue weighted by atomic mass is 16.5. The number of carbonyl (C=O) groups excluding carboxylic acids is 2. The summed E-state index contributed by atoms with van der Waals surface area (Å²) in [7, 11) is 7.10. The van der Waals surface area contributed by atoms with E-state index >= 15 is 0 Å². The van der Waals surface area contributed by atoms with Crippen molar-refractivity contribution in [2.45, 2.75) is 19.4 Å². The molecule has 29 heavy (non-hydrogen) atoms. The second kappa shape index (κ2) is 8.86. The number of anilines is 2. The zero-order valence-corrected chi connectivity index (χ0v) is 17.3. The molecule has 0 bridgehead atoms. The van der Waals surface area contributed by atoms with Gasteiger partial charge in [0, 0.05) is 38.6 Å². The summed E-state index contributed by atoms with van der Waals surface area (Å²) in [5.74, 6) is 0.823. The lowest BCUT2D eigenvalue weighted by atomic mass is 9.98. The number of ether oxygens (including phenoxy) is 2. The van der Waals surface area contributed by atoms with E-state index in [0.29, 0.717) is 30.3 Å². The molecule has 0 fully saturated rings. The fourth-order valence-electron chi connectivity index (χ4n) is 3.39. The van der Waals surface area contributed by atoms with Gasteiger partial charge in [-0.05, 0) is 53.9 Å². The number of fused-ring (bicyclic) bond motifs is 1. The van der Waals surface area contributed by atoms with Gasteiger partial charge in [0.15, 0.2) is 11.5 Å². The molecular weight excluding hydrogens is 370 g/mol. The molecule has 1 N–H and O–H groups in total. The van der Waals surface area contributed by atoms with E-state index in [-0.39, 0.29) is 18.2 Å². The normalized spacial score (nSPS) is 12.8. The van der Waals surface area contributed by atoms with Gasteiger partial charge in [0.2, 0.25) is 11.8 Å². The van der Waals surface area contributed by atoms with Crippen LogP contribution < -0.4 is 19.7 Å². The zero-order chi connectivity index (χ0) is 21.0. The van der Waals surface area contributed by atoms with Gasteiger partial charge in [-0.2, -0.15) is 0 Å². The summed E-state index contributed by atoms with van der Waals surface area (Å²) in [6.07, 6.45) is 0.535. The standard InChI is InChI=1S/C22H27N3O4/c1-24(2)18-7-5-17(6-8-18)23-21(26)13-22(27)25-10-9-15-11-19(28-3)20(29-4)12-16(15)14-25/h5-8,11-12H,9-10,13-14H2,1-4H3,(H,23,26). The molecule has 0 radical (unpaired) electrons. The molecule has 1 aliphatic heterocycles. The lowest BCUT2D eigenvalue weighted by molar-refractivity contribution is -0.135. The van der Waals surface area contributed by atoms with Crippen LogP contribution in [-0.4, -0.2) is 51.6 Å². The molecule has 2 aromatic carbocycles. The first-order valence-corrected chi connectivity index (χ1v) is 9.50. The summed E-state index contributed by atoms with van der Waals surface area (Å²) in [5.41, 5.74) is 3.87. The summed E-state index contributed by atoms with van der Waals surface area (Å²) in [5, 5.41) is 2.79. The first-order valence-electron chi connectivity index (χ1n) is 9.50. The molecule has 7 heteroatoms. The van der Waals surface area contributed by atoms with E-state index in [9.17, 15) is 9.59 Å². The van der Waals surface area contributed by atoms with Crippen LogP contribution in [0.15, 0.2) is 36.4 Å². The summed E-state index contributed by atoms with van der Waals surface area (Å²) >= 11 is 0. The summed E-state index contributed by atoms with van der Waals surface area (Å²) in [6, 6.07) is 11.4. The molecule has 0 saturated heterocycles. The summed E-state index contributed by atoms with van der Waals surface area (Å²) in [4.78, 5) is 28.6. The lowest BCUT2D eigenvalue weighted by Gasteiger charge is -2.29. The predicted molar refractivity (Wildman–Crippen MR) is 113 cm³/mol. The van der Waals surface area contributed by atoms with Gasteiger partial charge in [0.25, 0.3) is 0 Å². The Morgan fingerprint density at radius 3 is 2.24 bits per heavy atom. The average Bonchev–Trinajstić information content (AvgIpc) is 2.72. The minimum atomic E-state index is -0.314. The highest BCUT2D eigenvalue weighted by Gasteiger charge is 2.24. The molecule has 7 nitrogen and oxygen atoms in total. The molecule has 3 rings (SSSR count). The van der Waals surface area contributed by atoms with Crippen LogP contribution in [-0.2, 0) is 22.6 Å². The zero-order valence-electron chi connectivity index (χ0n) is 17.3. The van der Waals surface area contributed by atoms with Gasteiger partial charge in [-0.1, -0.05) is 0 Å². The Labute approximate surface area is 171 Å². The van der Waals surface area contributed by atoms with Crippen molar-refractivity contribution in [2.75, 3.05) is 45.1 Å². The van der Waals surface area contributed by atoms with Gasteiger partial charge in [-0.3, -0.25) is 9.59 Å². The molecule has 154 valence electrons. The Morgan fingerprint density at radius 1 is 1.03 bits per heavy atom. The molecule has 2 aromatic rings. The molecule has 2 amide bonds. The summed E-state index contributed by atoms with van der Waals surface area (Å²) < 4.78 is 10.7. The lowest BCUT2D eigenvalue weighted by Crippen LogP contribution is -2.37. The van der Waals surface area contributed by atoms with Crippen LogP contribution in [0.4, 0.5) is 11.4 Å². The predicted octanol–water partition coefficient (Wildman–Crippen LogP) is 2.68.